The molecule has 35 heavy (non-hydrogen) atoms. The Morgan fingerprint density at radius 2 is 1.86 bits per heavy atom. The van der Waals surface area contributed by atoms with Crippen LogP contribution < -0.4 is 5.32 Å². The van der Waals surface area contributed by atoms with E-state index < -0.39 is 0 Å². The van der Waals surface area contributed by atoms with E-state index >= 15 is 0 Å². The van der Waals surface area contributed by atoms with E-state index in [4.69, 9.17) is 0 Å². The van der Waals surface area contributed by atoms with Gasteiger partial charge in [-0.2, -0.15) is 0 Å². The summed E-state index contributed by atoms with van der Waals surface area (Å²) in [5.41, 5.74) is 3.54. The zero-order valence-electron chi connectivity index (χ0n) is 20.5. The number of aromatic nitrogens is 1. The fourth-order valence-electron chi connectivity index (χ4n) is 5.41. The fraction of sp³-hybridized carbons (Fsp3) is 0.345. The molecule has 1 aliphatic heterocycles. The van der Waals surface area contributed by atoms with Gasteiger partial charge in [0, 0.05) is 48.7 Å². The number of piperidine rings is 1. The first kappa shape index (κ1) is 23.8. The van der Waals surface area contributed by atoms with Gasteiger partial charge in [0.05, 0.1) is 5.54 Å². The number of nitrogens with zero attached hydrogens (tertiary/aromatic N) is 2. The number of carbonyl (C=O) groups excluding carboxylic acids is 1. The van der Waals surface area contributed by atoms with Gasteiger partial charge in [-0.1, -0.05) is 54.6 Å². The van der Waals surface area contributed by atoms with Crippen molar-refractivity contribution in [1.82, 2.24) is 20.1 Å². The summed E-state index contributed by atoms with van der Waals surface area (Å²) in [5.74, 6) is 0.225. The maximum Gasteiger partial charge on any atom is 0.224 e. The van der Waals surface area contributed by atoms with Crippen molar-refractivity contribution in [2.75, 3.05) is 27.2 Å². The third-order valence-corrected chi connectivity index (χ3v) is 8.64. The van der Waals surface area contributed by atoms with E-state index in [0.717, 1.165) is 37.0 Å². The molecule has 0 aliphatic carbocycles. The smallest absolute Gasteiger partial charge is 0.224 e. The number of hydrogen-bond donors (Lipinski definition) is 2. The summed E-state index contributed by atoms with van der Waals surface area (Å²) in [6.07, 6.45) is 4.36. The number of hydrogen-bond acceptors (Lipinski definition) is 4. The van der Waals surface area contributed by atoms with Crippen LogP contribution in [0.1, 0.15) is 41.3 Å². The van der Waals surface area contributed by atoms with Crippen molar-refractivity contribution in [3.05, 3.63) is 94.3 Å². The highest BCUT2D eigenvalue weighted by molar-refractivity contribution is 7.10. The number of carbonyl (C=O) groups is 1. The molecule has 182 valence electrons. The Bertz CT molecular complexity index is 1240. The third kappa shape index (κ3) is 4.92. The Morgan fingerprint density at radius 3 is 2.57 bits per heavy atom. The van der Waals surface area contributed by atoms with Crippen LogP contribution >= 0.6 is 11.3 Å². The molecule has 0 bridgehead atoms. The van der Waals surface area contributed by atoms with Crippen LogP contribution in [0, 0.1) is 0 Å². The molecule has 1 amide bonds. The number of benzene rings is 2. The minimum atomic E-state index is -0.0354. The standard InChI is InChI=1S/C29H34N4OS/c1-32(2)29(26-12-7-19-35-26)14-17-33(18-15-29)27(34)20-25(22-8-4-3-5-9-22)31-21-24-11-6-10-23-13-16-30-28(23)24/h3-13,16,19,25,30-31H,14-15,17-18,20-21H2,1-2H3. The van der Waals surface area contributed by atoms with Crippen LogP contribution in [-0.2, 0) is 16.9 Å². The van der Waals surface area contributed by atoms with E-state index in [2.05, 4.69) is 88.1 Å². The van der Waals surface area contributed by atoms with Crippen LogP contribution in [0.3, 0.4) is 0 Å². The van der Waals surface area contributed by atoms with Gasteiger partial charge in [0.2, 0.25) is 5.91 Å². The lowest BCUT2D eigenvalue weighted by Gasteiger charge is -2.46. The molecule has 0 spiro atoms. The molecule has 4 aromatic rings. The summed E-state index contributed by atoms with van der Waals surface area (Å²) in [4.78, 5) is 22.7. The molecule has 6 heteroatoms. The van der Waals surface area contributed by atoms with Crippen molar-refractivity contribution in [2.45, 2.75) is 37.4 Å². The van der Waals surface area contributed by atoms with Gasteiger partial charge in [0.1, 0.15) is 0 Å². The molecule has 3 heterocycles. The molecule has 5 nitrogen and oxygen atoms in total. The SMILES string of the molecule is CN(C)C1(c2cccs2)CCN(C(=O)CC(NCc2cccc3cc[nH]c23)c2ccccc2)CC1. The zero-order valence-corrected chi connectivity index (χ0v) is 21.4. The van der Waals surface area contributed by atoms with E-state index in [9.17, 15) is 4.79 Å². The number of likely N-dealkylation sites (tertiary alicyclic amines) is 1. The molecule has 2 aromatic carbocycles. The summed E-state index contributed by atoms with van der Waals surface area (Å²) >= 11 is 1.82. The number of amides is 1. The van der Waals surface area contributed by atoms with Gasteiger partial charge in [-0.15, -0.1) is 11.3 Å². The predicted molar refractivity (Wildman–Crippen MR) is 144 cm³/mol. The van der Waals surface area contributed by atoms with Crippen LogP contribution in [0.25, 0.3) is 10.9 Å². The number of H-pyrrole nitrogens is 1. The van der Waals surface area contributed by atoms with Gasteiger partial charge in [-0.25, -0.2) is 0 Å². The molecule has 1 atom stereocenters. The summed E-state index contributed by atoms with van der Waals surface area (Å²) in [5, 5.41) is 7.05. The maximum atomic E-state index is 13.5. The first-order chi connectivity index (χ1) is 17.1. The largest absolute Gasteiger partial charge is 0.361 e. The molecular formula is C29H34N4OS. The number of rotatable bonds is 8. The van der Waals surface area contributed by atoms with E-state index in [0.29, 0.717) is 13.0 Å². The average molecular weight is 487 g/mol. The topological polar surface area (TPSA) is 51.4 Å². The molecule has 2 N–H and O–H groups in total. The van der Waals surface area contributed by atoms with Crippen LogP contribution in [0.5, 0.6) is 0 Å². The van der Waals surface area contributed by atoms with Crippen LogP contribution in [0.2, 0.25) is 0 Å². The van der Waals surface area contributed by atoms with Crippen LogP contribution in [0.15, 0.2) is 78.3 Å². The Kier molecular flexibility index (Phi) is 7.04. The van der Waals surface area contributed by atoms with Gasteiger partial charge in [0.15, 0.2) is 0 Å². The molecule has 2 aromatic heterocycles. The zero-order chi connectivity index (χ0) is 24.3. The van der Waals surface area contributed by atoms with Gasteiger partial charge in [-0.05, 0) is 61.0 Å². The predicted octanol–water partition coefficient (Wildman–Crippen LogP) is 5.53. The van der Waals surface area contributed by atoms with Crippen LogP contribution in [0.4, 0.5) is 0 Å². The molecule has 1 unspecified atom stereocenters. The van der Waals surface area contributed by atoms with Crippen molar-refractivity contribution >= 4 is 28.1 Å². The fourth-order valence-corrected chi connectivity index (χ4v) is 6.48. The first-order valence-corrected chi connectivity index (χ1v) is 13.3. The quantitative estimate of drug-likeness (QED) is 0.344. The Morgan fingerprint density at radius 1 is 1.06 bits per heavy atom. The second-order valence-electron chi connectivity index (χ2n) is 9.69. The number of para-hydroxylation sites is 1. The van der Waals surface area contributed by atoms with Crippen LogP contribution in [-0.4, -0.2) is 47.9 Å². The summed E-state index contributed by atoms with van der Waals surface area (Å²) in [7, 11) is 4.33. The van der Waals surface area contributed by atoms with Crippen molar-refractivity contribution in [3.63, 3.8) is 0 Å². The lowest BCUT2D eigenvalue weighted by Crippen LogP contribution is -2.51. The normalized spacial score (nSPS) is 16.6. The monoisotopic (exact) mass is 486 g/mol. The first-order valence-electron chi connectivity index (χ1n) is 12.4. The number of thiophene rings is 1. The molecule has 0 saturated carbocycles. The summed E-state index contributed by atoms with van der Waals surface area (Å²) in [6.45, 7) is 2.28. The molecule has 1 fully saturated rings. The van der Waals surface area contributed by atoms with E-state index in [1.807, 2.05) is 35.7 Å². The minimum Gasteiger partial charge on any atom is -0.361 e. The van der Waals surface area contributed by atoms with Crippen molar-refractivity contribution < 1.29 is 4.79 Å². The number of aromatic amines is 1. The minimum absolute atomic E-state index is 0.0246. The number of nitrogens with one attached hydrogen (secondary N) is 2. The van der Waals surface area contributed by atoms with E-state index in [1.165, 1.54) is 15.8 Å². The Balaban J connectivity index is 1.28. The molecule has 1 saturated heterocycles. The highest BCUT2D eigenvalue weighted by Crippen LogP contribution is 2.40. The van der Waals surface area contributed by atoms with Gasteiger partial charge in [0.25, 0.3) is 0 Å². The van der Waals surface area contributed by atoms with Crippen molar-refractivity contribution in [2.24, 2.45) is 0 Å². The van der Waals surface area contributed by atoms with Gasteiger partial charge < -0.3 is 15.2 Å². The Hall–Kier alpha value is -2.93. The molecule has 1 aliphatic rings. The van der Waals surface area contributed by atoms with Gasteiger partial charge in [-0.3, -0.25) is 9.69 Å². The Labute approximate surface area is 211 Å². The third-order valence-electron chi connectivity index (χ3n) is 7.57. The highest BCUT2D eigenvalue weighted by Gasteiger charge is 2.40. The van der Waals surface area contributed by atoms with E-state index in [1.54, 1.807) is 0 Å². The lowest BCUT2D eigenvalue weighted by molar-refractivity contribution is -0.134. The van der Waals surface area contributed by atoms with Crippen molar-refractivity contribution in [1.29, 1.82) is 0 Å². The molecule has 5 rings (SSSR count). The van der Waals surface area contributed by atoms with Crippen molar-refractivity contribution in [3.8, 4) is 0 Å². The second-order valence-corrected chi connectivity index (χ2v) is 10.6. The summed E-state index contributed by atoms with van der Waals surface area (Å²) < 4.78 is 0. The lowest BCUT2D eigenvalue weighted by atomic mass is 9.84. The number of fused-ring (bicyclic) bond motifs is 1. The highest BCUT2D eigenvalue weighted by atomic mass is 32.1. The molecular weight excluding hydrogens is 452 g/mol. The van der Waals surface area contributed by atoms with Gasteiger partial charge >= 0.3 is 0 Å². The maximum absolute atomic E-state index is 13.5. The molecule has 0 radical (unpaired) electrons. The van der Waals surface area contributed by atoms with E-state index in [-0.39, 0.29) is 17.5 Å². The average Bonchev–Trinajstić information content (AvgIpc) is 3.60. The second kappa shape index (κ2) is 10.4. The summed E-state index contributed by atoms with van der Waals surface area (Å²) in [6, 6.07) is 23.1.